The van der Waals surface area contributed by atoms with Gasteiger partial charge in [0.05, 0.1) is 19.0 Å². The van der Waals surface area contributed by atoms with E-state index >= 15 is 0 Å². The van der Waals surface area contributed by atoms with Crippen molar-refractivity contribution in [2.75, 3.05) is 12.9 Å². The smallest absolute Gasteiger partial charge is 0.316 e. The van der Waals surface area contributed by atoms with Gasteiger partial charge in [-0.05, 0) is 55.1 Å². The predicted molar refractivity (Wildman–Crippen MR) is 138 cm³/mol. The number of carbonyl (C=O) groups is 2. The molecule has 4 rings (SSSR count). The summed E-state index contributed by atoms with van der Waals surface area (Å²) in [5, 5.41) is 11.6. The van der Waals surface area contributed by atoms with E-state index in [-0.39, 0.29) is 40.7 Å². The first-order chi connectivity index (χ1) is 16.5. The van der Waals surface area contributed by atoms with Crippen molar-refractivity contribution < 1.29 is 24.2 Å². The zero-order valence-corrected chi connectivity index (χ0v) is 22.5. The third kappa shape index (κ3) is 4.15. The van der Waals surface area contributed by atoms with Crippen molar-refractivity contribution >= 4 is 23.5 Å². The molecule has 3 aliphatic rings. The van der Waals surface area contributed by atoms with E-state index in [1.54, 1.807) is 7.11 Å². The van der Waals surface area contributed by atoms with Crippen molar-refractivity contribution in [3.05, 3.63) is 36.9 Å². The quantitative estimate of drug-likeness (QED) is 0.307. The molecule has 3 fully saturated rings. The van der Waals surface area contributed by atoms with Crippen molar-refractivity contribution in [2.45, 2.75) is 76.9 Å². The monoisotopic (exact) mass is 500 g/mol. The van der Waals surface area contributed by atoms with Crippen LogP contribution < -0.4 is 4.74 Å². The molecule has 8 atom stereocenters. The maximum Gasteiger partial charge on any atom is 0.316 e. The SMILES string of the molecule is C=C[C@]1(C)C[C@@H](OC(=O)CSc2ccccc2OC)[C@]2(C)C(C)CCC3(CCC(=O)C32)[C@@H](C)[C@@H]1O. The summed E-state index contributed by atoms with van der Waals surface area (Å²) >= 11 is 1.39. The first kappa shape index (κ1) is 26.3. The van der Waals surface area contributed by atoms with Crippen LogP contribution in [0.2, 0.25) is 0 Å². The molecule has 0 heterocycles. The summed E-state index contributed by atoms with van der Waals surface area (Å²) in [5.41, 5.74) is -1.38. The van der Waals surface area contributed by atoms with E-state index in [0.29, 0.717) is 12.8 Å². The number of aliphatic hydroxyl groups excluding tert-OH is 1. The Morgan fingerprint density at radius 1 is 1.26 bits per heavy atom. The summed E-state index contributed by atoms with van der Waals surface area (Å²) in [6, 6.07) is 7.61. The van der Waals surface area contributed by atoms with Gasteiger partial charge in [-0.15, -0.1) is 18.3 Å². The van der Waals surface area contributed by atoms with Crippen molar-refractivity contribution in [1.82, 2.24) is 0 Å². The Hall–Kier alpha value is -1.79. The molecule has 192 valence electrons. The van der Waals surface area contributed by atoms with E-state index in [4.69, 9.17) is 9.47 Å². The molecule has 0 radical (unpaired) electrons. The van der Waals surface area contributed by atoms with E-state index < -0.39 is 23.0 Å². The molecule has 1 aromatic rings. The lowest BCUT2D eigenvalue weighted by molar-refractivity contribution is -0.205. The van der Waals surface area contributed by atoms with Gasteiger partial charge in [0, 0.05) is 28.1 Å². The van der Waals surface area contributed by atoms with Crippen LogP contribution in [0.15, 0.2) is 41.8 Å². The summed E-state index contributed by atoms with van der Waals surface area (Å²) in [6.07, 6.45) is 4.37. The standard InChI is InChI=1S/C29H40O5S/c1-7-27(4)16-23(34-24(31)17-35-22-11-9-8-10-21(22)33-6)28(5)18(2)12-14-29(19(3)26(27)32)15-13-20(30)25(28)29/h7-11,18-19,23,25-26,32H,1,12-17H2,2-6H3/t18?,19-,23+,25?,26-,27+,28-,29?/m0/s1. The Balaban J connectivity index is 1.68. The highest BCUT2D eigenvalue weighted by Crippen LogP contribution is 2.68. The highest BCUT2D eigenvalue weighted by Gasteiger charge is 2.68. The maximum absolute atomic E-state index is 13.5. The van der Waals surface area contributed by atoms with E-state index in [1.807, 2.05) is 37.3 Å². The second-order valence-electron chi connectivity index (χ2n) is 11.5. The third-order valence-electron chi connectivity index (χ3n) is 9.99. The van der Waals surface area contributed by atoms with Gasteiger partial charge in [-0.1, -0.05) is 45.9 Å². The van der Waals surface area contributed by atoms with Gasteiger partial charge in [-0.2, -0.15) is 0 Å². The molecule has 1 N–H and O–H groups in total. The summed E-state index contributed by atoms with van der Waals surface area (Å²) in [4.78, 5) is 27.6. The molecule has 0 saturated heterocycles. The molecule has 3 unspecified atom stereocenters. The molecule has 3 aliphatic carbocycles. The Morgan fingerprint density at radius 2 is 1.97 bits per heavy atom. The zero-order valence-electron chi connectivity index (χ0n) is 21.7. The number of Topliss-reactive ketones (excluding diaryl/α,β-unsaturated/α-hetero) is 1. The number of carbonyl (C=O) groups excluding carboxylic acids is 2. The van der Waals surface area contributed by atoms with Gasteiger partial charge in [-0.3, -0.25) is 9.59 Å². The van der Waals surface area contributed by atoms with E-state index in [1.165, 1.54) is 11.8 Å². The van der Waals surface area contributed by atoms with Gasteiger partial charge in [0.1, 0.15) is 17.6 Å². The molecule has 5 nitrogen and oxygen atoms in total. The van der Waals surface area contributed by atoms with Crippen LogP contribution in [0.3, 0.4) is 0 Å². The van der Waals surface area contributed by atoms with E-state index in [0.717, 1.165) is 29.9 Å². The minimum atomic E-state index is -0.657. The number of benzene rings is 1. The van der Waals surface area contributed by atoms with E-state index in [2.05, 4.69) is 27.4 Å². The van der Waals surface area contributed by atoms with Crippen molar-refractivity contribution in [3.8, 4) is 5.75 Å². The number of ether oxygens (including phenoxy) is 2. The Labute approximate surface area is 214 Å². The van der Waals surface area contributed by atoms with Crippen molar-refractivity contribution in [2.24, 2.45) is 34.0 Å². The number of aliphatic hydroxyl groups is 1. The first-order valence-corrected chi connectivity index (χ1v) is 13.8. The third-order valence-corrected chi connectivity index (χ3v) is 11.0. The largest absolute Gasteiger partial charge is 0.496 e. The fourth-order valence-corrected chi connectivity index (χ4v) is 8.38. The summed E-state index contributed by atoms with van der Waals surface area (Å²) in [5.74, 6) is 0.805. The lowest BCUT2D eigenvalue weighted by Gasteiger charge is -2.61. The predicted octanol–water partition coefficient (Wildman–Crippen LogP) is 5.69. The lowest BCUT2D eigenvalue weighted by atomic mass is 9.44. The fraction of sp³-hybridized carbons (Fsp3) is 0.655. The Bertz CT molecular complexity index is 993. The van der Waals surface area contributed by atoms with Crippen molar-refractivity contribution in [3.63, 3.8) is 0 Å². The molecular formula is C29H40O5S. The average molecular weight is 501 g/mol. The fourth-order valence-electron chi connectivity index (χ4n) is 7.57. The number of methoxy groups -OCH3 is 1. The maximum atomic E-state index is 13.5. The molecular weight excluding hydrogens is 460 g/mol. The number of ketones is 1. The van der Waals surface area contributed by atoms with Crippen LogP contribution in [0.25, 0.3) is 0 Å². The molecule has 6 heteroatoms. The number of esters is 1. The molecule has 1 aromatic carbocycles. The number of hydrogen-bond acceptors (Lipinski definition) is 6. The normalized spacial score (nSPS) is 40.9. The van der Waals surface area contributed by atoms with E-state index in [9.17, 15) is 14.7 Å². The summed E-state index contributed by atoms with van der Waals surface area (Å²) in [7, 11) is 1.62. The van der Waals surface area contributed by atoms with Crippen LogP contribution in [0.1, 0.15) is 59.8 Å². The molecule has 2 bridgehead atoms. The van der Waals surface area contributed by atoms with Crippen LogP contribution >= 0.6 is 11.8 Å². The molecule has 0 aliphatic heterocycles. The highest BCUT2D eigenvalue weighted by molar-refractivity contribution is 8.00. The van der Waals surface area contributed by atoms with Gasteiger partial charge in [0.2, 0.25) is 0 Å². The second kappa shape index (κ2) is 9.59. The molecule has 0 spiro atoms. The highest BCUT2D eigenvalue weighted by atomic mass is 32.2. The van der Waals surface area contributed by atoms with Crippen LogP contribution in [-0.2, 0) is 14.3 Å². The first-order valence-electron chi connectivity index (χ1n) is 12.8. The number of rotatable bonds is 6. The van der Waals surface area contributed by atoms with Gasteiger partial charge >= 0.3 is 5.97 Å². The van der Waals surface area contributed by atoms with Gasteiger partial charge in [0.25, 0.3) is 0 Å². The number of hydrogen-bond donors (Lipinski definition) is 1. The molecule has 3 saturated carbocycles. The average Bonchev–Trinajstić information content (AvgIpc) is 3.21. The van der Waals surface area contributed by atoms with Crippen LogP contribution in [0.4, 0.5) is 0 Å². The lowest BCUT2D eigenvalue weighted by Crippen LogP contribution is -2.63. The molecule has 0 aromatic heterocycles. The topological polar surface area (TPSA) is 72.8 Å². The summed E-state index contributed by atoms with van der Waals surface area (Å²) < 4.78 is 11.7. The van der Waals surface area contributed by atoms with Crippen LogP contribution in [0, 0.1) is 34.0 Å². The molecule has 35 heavy (non-hydrogen) atoms. The van der Waals surface area contributed by atoms with Gasteiger partial charge < -0.3 is 14.6 Å². The Kier molecular flexibility index (Phi) is 7.20. The summed E-state index contributed by atoms with van der Waals surface area (Å²) in [6.45, 7) is 12.6. The van der Waals surface area contributed by atoms with Crippen LogP contribution in [0.5, 0.6) is 5.75 Å². The number of thioether (sulfide) groups is 1. The minimum absolute atomic E-state index is 0.0356. The Morgan fingerprint density at radius 3 is 2.66 bits per heavy atom. The van der Waals surface area contributed by atoms with Crippen molar-refractivity contribution in [1.29, 1.82) is 0 Å². The van der Waals surface area contributed by atoms with Crippen LogP contribution in [-0.4, -0.2) is 41.9 Å². The molecule has 0 amide bonds. The van der Waals surface area contributed by atoms with Gasteiger partial charge in [-0.25, -0.2) is 0 Å². The van der Waals surface area contributed by atoms with Gasteiger partial charge in [0.15, 0.2) is 0 Å². The number of para-hydroxylation sites is 1. The second-order valence-corrected chi connectivity index (χ2v) is 12.5. The zero-order chi connectivity index (χ0) is 25.6. The minimum Gasteiger partial charge on any atom is -0.496 e.